The zero-order valence-corrected chi connectivity index (χ0v) is 11.1. The van der Waals surface area contributed by atoms with Crippen molar-refractivity contribution in [3.63, 3.8) is 0 Å². The van der Waals surface area contributed by atoms with Crippen molar-refractivity contribution in [3.8, 4) is 11.5 Å². The molecule has 0 saturated heterocycles. The van der Waals surface area contributed by atoms with Crippen LogP contribution in [-0.4, -0.2) is 40.0 Å². The van der Waals surface area contributed by atoms with Crippen LogP contribution in [0, 0.1) is 0 Å². The predicted molar refractivity (Wildman–Crippen MR) is 64.0 cm³/mol. The van der Waals surface area contributed by atoms with Crippen LogP contribution in [0.15, 0.2) is 17.0 Å². The van der Waals surface area contributed by atoms with Crippen LogP contribution in [0.3, 0.4) is 0 Å². The maximum atomic E-state index is 11.6. The molecule has 0 saturated carbocycles. The van der Waals surface area contributed by atoms with Crippen molar-refractivity contribution in [2.45, 2.75) is 11.3 Å². The Labute approximate surface area is 105 Å². The Bertz CT molecular complexity index is 561. The summed E-state index contributed by atoms with van der Waals surface area (Å²) in [6.07, 6.45) is 0.613. The molecule has 0 atom stereocenters. The maximum absolute atomic E-state index is 11.6. The minimum absolute atomic E-state index is 0.0671. The Kier molecular flexibility index (Phi) is 4.18. The molecular weight excluding hydrogens is 260 g/mol. The maximum Gasteiger partial charge on any atom is 0.307 e. The summed E-state index contributed by atoms with van der Waals surface area (Å²) in [5, 5.41) is 8.78. The Morgan fingerprint density at radius 3 is 2.11 bits per heavy atom. The molecule has 0 aliphatic rings. The van der Waals surface area contributed by atoms with Crippen molar-refractivity contribution in [2.75, 3.05) is 20.5 Å². The van der Waals surface area contributed by atoms with Gasteiger partial charge in [-0.1, -0.05) is 0 Å². The minimum atomic E-state index is -3.54. The molecule has 1 rings (SSSR count). The summed E-state index contributed by atoms with van der Waals surface area (Å²) in [7, 11) is -0.768. The third-order valence-electron chi connectivity index (χ3n) is 2.31. The van der Waals surface area contributed by atoms with Crippen LogP contribution in [0.25, 0.3) is 0 Å². The van der Waals surface area contributed by atoms with Crippen molar-refractivity contribution in [1.29, 1.82) is 0 Å². The highest BCUT2D eigenvalue weighted by molar-refractivity contribution is 7.90. The van der Waals surface area contributed by atoms with Crippen LogP contribution in [-0.2, 0) is 21.1 Å². The van der Waals surface area contributed by atoms with Gasteiger partial charge in [0.2, 0.25) is 0 Å². The number of aliphatic carboxylic acids is 1. The highest BCUT2D eigenvalue weighted by Crippen LogP contribution is 2.32. The molecule has 0 bridgehead atoms. The van der Waals surface area contributed by atoms with Crippen LogP contribution < -0.4 is 9.47 Å². The Morgan fingerprint density at radius 2 is 1.72 bits per heavy atom. The van der Waals surface area contributed by atoms with Gasteiger partial charge in [0, 0.05) is 12.3 Å². The fourth-order valence-corrected chi connectivity index (χ4v) is 2.48. The lowest BCUT2D eigenvalue weighted by molar-refractivity contribution is -0.136. The second-order valence-corrected chi connectivity index (χ2v) is 5.64. The van der Waals surface area contributed by atoms with Crippen molar-refractivity contribution in [1.82, 2.24) is 0 Å². The Morgan fingerprint density at radius 1 is 1.22 bits per heavy atom. The molecule has 100 valence electrons. The van der Waals surface area contributed by atoms with Crippen LogP contribution in [0.4, 0.5) is 0 Å². The van der Waals surface area contributed by atoms with E-state index in [-0.39, 0.29) is 16.2 Å². The summed E-state index contributed by atoms with van der Waals surface area (Å²) in [5.74, 6) is -0.583. The number of methoxy groups -OCH3 is 2. The average Bonchev–Trinajstić information content (AvgIpc) is 2.26. The SMILES string of the molecule is COc1cc(CC(=O)O)c(S(C)(=O)=O)cc1OC. The molecule has 0 unspecified atom stereocenters. The summed E-state index contributed by atoms with van der Waals surface area (Å²) in [5.41, 5.74) is 0.169. The molecule has 6 nitrogen and oxygen atoms in total. The first-order chi connectivity index (χ1) is 8.29. The molecule has 1 N–H and O–H groups in total. The first-order valence-electron chi connectivity index (χ1n) is 4.96. The minimum Gasteiger partial charge on any atom is -0.493 e. The molecule has 0 amide bonds. The van der Waals surface area contributed by atoms with E-state index in [9.17, 15) is 13.2 Å². The average molecular weight is 274 g/mol. The molecule has 0 heterocycles. The molecule has 0 aliphatic heterocycles. The number of carbonyl (C=O) groups is 1. The number of hydrogen-bond acceptors (Lipinski definition) is 5. The summed E-state index contributed by atoms with van der Waals surface area (Å²) in [4.78, 5) is 10.7. The summed E-state index contributed by atoms with van der Waals surface area (Å²) in [6, 6.07) is 2.63. The molecule has 0 aromatic heterocycles. The zero-order chi connectivity index (χ0) is 13.9. The second-order valence-electron chi connectivity index (χ2n) is 3.66. The molecule has 1 aromatic rings. The number of carboxylic acid groups (broad SMARTS) is 1. The van der Waals surface area contributed by atoms with Crippen molar-refractivity contribution in [3.05, 3.63) is 17.7 Å². The summed E-state index contributed by atoms with van der Waals surface area (Å²) >= 11 is 0. The van der Waals surface area contributed by atoms with E-state index in [1.54, 1.807) is 0 Å². The van der Waals surface area contributed by atoms with E-state index >= 15 is 0 Å². The van der Waals surface area contributed by atoms with Gasteiger partial charge in [-0.05, 0) is 11.6 Å². The summed E-state index contributed by atoms with van der Waals surface area (Å²) in [6.45, 7) is 0. The van der Waals surface area contributed by atoms with E-state index in [1.165, 1.54) is 26.4 Å². The monoisotopic (exact) mass is 274 g/mol. The molecular formula is C11H14O6S. The van der Waals surface area contributed by atoms with Crippen molar-refractivity contribution < 1.29 is 27.8 Å². The predicted octanol–water partition coefficient (Wildman–Crippen LogP) is 0.734. The van der Waals surface area contributed by atoms with Gasteiger partial charge in [-0.15, -0.1) is 0 Å². The zero-order valence-electron chi connectivity index (χ0n) is 10.3. The molecule has 0 radical (unpaired) electrons. The second kappa shape index (κ2) is 5.26. The van der Waals surface area contributed by atoms with E-state index in [4.69, 9.17) is 14.6 Å². The van der Waals surface area contributed by atoms with E-state index in [0.29, 0.717) is 5.75 Å². The number of hydrogen-bond donors (Lipinski definition) is 1. The highest BCUT2D eigenvalue weighted by Gasteiger charge is 2.19. The number of carboxylic acids is 1. The third-order valence-corrected chi connectivity index (χ3v) is 3.49. The van der Waals surface area contributed by atoms with Crippen LogP contribution >= 0.6 is 0 Å². The number of sulfone groups is 1. The van der Waals surface area contributed by atoms with Gasteiger partial charge < -0.3 is 14.6 Å². The van der Waals surface area contributed by atoms with Gasteiger partial charge in [0.05, 0.1) is 25.5 Å². The lowest BCUT2D eigenvalue weighted by Gasteiger charge is -2.12. The summed E-state index contributed by atoms with van der Waals surface area (Å²) < 4.78 is 33.2. The van der Waals surface area contributed by atoms with Gasteiger partial charge in [0.15, 0.2) is 21.3 Å². The first-order valence-corrected chi connectivity index (χ1v) is 6.85. The quantitative estimate of drug-likeness (QED) is 0.851. The lowest BCUT2D eigenvalue weighted by Crippen LogP contribution is -2.08. The number of rotatable bonds is 5. The van der Waals surface area contributed by atoms with Gasteiger partial charge in [0.1, 0.15) is 0 Å². The van der Waals surface area contributed by atoms with Gasteiger partial charge in [-0.25, -0.2) is 8.42 Å². The van der Waals surface area contributed by atoms with E-state index in [0.717, 1.165) is 6.26 Å². The smallest absolute Gasteiger partial charge is 0.307 e. The van der Waals surface area contributed by atoms with Gasteiger partial charge in [-0.2, -0.15) is 0 Å². The Hall–Kier alpha value is -1.76. The van der Waals surface area contributed by atoms with Crippen LogP contribution in [0.2, 0.25) is 0 Å². The van der Waals surface area contributed by atoms with Crippen LogP contribution in [0.1, 0.15) is 5.56 Å². The fraction of sp³-hybridized carbons (Fsp3) is 0.364. The van der Waals surface area contributed by atoms with E-state index < -0.39 is 22.2 Å². The van der Waals surface area contributed by atoms with Crippen molar-refractivity contribution in [2.24, 2.45) is 0 Å². The topological polar surface area (TPSA) is 89.9 Å². The fourth-order valence-electron chi connectivity index (χ4n) is 1.55. The number of ether oxygens (including phenoxy) is 2. The molecule has 0 fully saturated rings. The van der Waals surface area contributed by atoms with E-state index in [1.807, 2.05) is 0 Å². The normalized spacial score (nSPS) is 11.1. The standard InChI is InChI=1S/C11H14O6S/c1-16-8-4-7(5-11(12)13)10(18(3,14)15)6-9(8)17-2/h4,6H,5H2,1-3H3,(H,12,13). The van der Waals surface area contributed by atoms with Gasteiger partial charge >= 0.3 is 5.97 Å². The molecule has 0 spiro atoms. The third kappa shape index (κ3) is 3.13. The molecule has 0 aliphatic carbocycles. The van der Waals surface area contributed by atoms with Gasteiger partial charge in [0.25, 0.3) is 0 Å². The van der Waals surface area contributed by atoms with Crippen LogP contribution in [0.5, 0.6) is 11.5 Å². The lowest BCUT2D eigenvalue weighted by atomic mass is 10.1. The number of benzene rings is 1. The molecule has 1 aromatic carbocycles. The first kappa shape index (κ1) is 14.3. The van der Waals surface area contributed by atoms with Gasteiger partial charge in [-0.3, -0.25) is 4.79 Å². The largest absolute Gasteiger partial charge is 0.493 e. The highest BCUT2D eigenvalue weighted by atomic mass is 32.2. The Balaban J connectivity index is 3.51. The molecule has 18 heavy (non-hydrogen) atoms. The van der Waals surface area contributed by atoms with E-state index in [2.05, 4.69) is 0 Å². The molecule has 7 heteroatoms. The van der Waals surface area contributed by atoms with Crippen molar-refractivity contribution >= 4 is 15.8 Å².